The first-order valence-corrected chi connectivity index (χ1v) is 5.47. The van der Waals surface area contributed by atoms with Crippen LogP contribution in [0.3, 0.4) is 0 Å². The lowest BCUT2D eigenvalue weighted by Crippen LogP contribution is -2.35. The van der Waals surface area contributed by atoms with Gasteiger partial charge < -0.3 is 15.8 Å². The minimum absolute atomic E-state index is 0.0437. The van der Waals surface area contributed by atoms with E-state index >= 15 is 0 Å². The Labute approximate surface area is 95.4 Å². The average Bonchev–Trinajstić information content (AvgIpc) is 2.61. The summed E-state index contributed by atoms with van der Waals surface area (Å²) in [6, 6.07) is 0. The highest BCUT2D eigenvalue weighted by Crippen LogP contribution is 2.26. The van der Waals surface area contributed by atoms with Crippen LogP contribution in [-0.2, 0) is 4.74 Å². The van der Waals surface area contributed by atoms with Gasteiger partial charge >= 0.3 is 0 Å². The molecule has 0 aromatic carbocycles. The van der Waals surface area contributed by atoms with Crippen molar-refractivity contribution in [2.45, 2.75) is 32.7 Å². The van der Waals surface area contributed by atoms with Crippen LogP contribution in [0.25, 0.3) is 0 Å². The first kappa shape index (κ1) is 11.1. The standard InChI is InChI=1S/C11H18N4O/c1-7-9(12)13-8(2)14-10(7)15-11(3)4-5-16-6-11/h4-6H2,1-3H3,(H3,12,13,14,15). The Morgan fingerprint density at radius 2 is 2.12 bits per heavy atom. The molecule has 5 nitrogen and oxygen atoms in total. The van der Waals surface area contributed by atoms with E-state index in [1.807, 2.05) is 13.8 Å². The van der Waals surface area contributed by atoms with Crippen molar-refractivity contribution in [3.63, 3.8) is 0 Å². The molecule has 0 saturated carbocycles. The van der Waals surface area contributed by atoms with Crippen LogP contribution < -0.4 is 11.1 Å². The molecule has 88 valence electrons. The highest BCUT2D eigenvalue weighted by molar-refractivity contribution is 5.55. The second-order valence-corrected chi connectivity index (χ2v) is 4.62. The number of rotatable bonds is 2. The number of aryl methyl sites for hydroxylation is 1. The van der Waals surface area contributed by atoms with E-state index in [4.69, 9.17) is 10.5 Å². The summed E-state index contributed by atoms with van der Waals surface area (Å²) >= 11 is 0. The van der Waals surface area contributed by atoms with Crippen LogP contribution in [-0.4, -0.2) is 28.7 Å². The van der Waals surface area contributed by atoms with E-state index in [1.165, 1.54) is 0 Å². The van der Waals surface area contributed by atoms with Crippen molar-refractivity contribution in [2.24, 2.45) is 0 Å². The van der Waals surface area contributed by atoms with E-state index in [0.717, 1.165) is 24.4 Å². The quantitative estimate of drug-likeness (QED) is 0.788. The molecule has 0 amide bonds. The highest BCUT2D eigenvalue weighted by Gasteiger charge is 2.30. The van der Waals surface area contributed by atoms with E-state index in [-0.39, 0.29) is 5.54 Å². The predicted octanol–water partition coefficient (Wildman–Crippen LogP) is 1.27. The second-order valence-electron chi connectivity index (χ2n) is 4.62. The van der Waals surface area contributed by atoms with E-state index in [2.05, 4.69) is 22.2 Å². The monoisotopic (exact) mass is 222 g/mol. The van der Waals surface area contributed by atoms with Crippen LogP contribution in [0.15, 0.2) is 0 Å². The Hall–Kier alpha value is -1.36. The molecule has 0 bridgehead atoms. The van der Waals surface area contributed by atoms with Crippen molar-refractivity contribution < 1.29 is 4.74 Å². The molecule has 0 spiro atoms. The third kappa shape index (κ3) is 2.09. The smallest absolute Gasteiger partial charge is 0.135 e. The van der Waals surface area contributed by atoms with Gasteiger partial charge in [0, 0.05) is 12.2 Å². The molecule has 2 heterocycles. The lowest BCUT2D eigenvalue weighted by Gasteiger charge is -2.25. The van der Waals surface area contributed by atoms with E-state index in [0.29, 0.717) is 18.2 Å². The normalized spacial score (nSPS) is 24.7. The summed E-state index contributed by atoms with van der Waals surface area (Å²) < 4.78 is 5.40. The lowest BCUT2D eigenvalue weighted by molar-refractivity contribution is 0.185. The highest BCUT2D eigenvalue weighted by atomic mass is 16.5. The molecule has 1 unspecified atom stereocenters. The molecule has 1 aliphatic rings. The molecule has 1 aliphatic heterocycles. The van der Waals surface area contributed by atoms with Gasteiger partial charge in [0.25, 0.3) is 0 Å². The summed E-state index contributed by atoms with van der Waals surface area (Å²) in [6.45, 7) is 7.40. The van der Waals surface area contributed by atoms with Crippen LogP contribution in [0.5, 0.6) is 0 Å². The predicted molar refractivity (Wildman–Crippen MR) is 63.4 cm³/mol. The molecule has 1 atom stereocenters. The summed E-state index contributed by atoms with van der Waals surface area (Å²) in [6.07, 6.45) is 0.982. The van der Waals surface area contributed by atoms with Gasteiger partial charge in [0.05, 0.1) is 12.1 Å². The van der Waals surface area contributed by atoms with Gasteiger partial charge in [0.2, 0.25) is 0 Å². The average molecular weight is 222 g/mol. The van der Waals surface area contributed by atoms with Crippen molar-refractivity contribution in [1.82, 2.24) is 9.97 Å². The first-order chi connectivity index (χ1) is 7.50. The minimum Gasteiger partial charge on any atom is -0.383 e. The van der Waals surface area contributed by atoms with Crippen LogP contribution in [0.2, 0.25) is 0 Å². The maximum absolute atomic E-state index is 5.82. The van der Waals surface area contributed by atoms with Gasteiger partial charge in [0.1, 0.15) is 17.5 Å². The Kier molecular flexibility index (Phi) is 2.71. The molecule has 1 fully saturated rings. The summed E-state index contributed by atoms with van der Waals surface area (Å²) in [5.74, 6) is 2.05. The fourth-order valence-corrected chi connectivity index (χ4v) is 1.82. The van der Waals surface area contributed by atoms with Crippen molar-refractivity contribution in [3.8, 4) is 0 Å². The fourth-order valence-electron chi connectivity index (χ4n) is 1.82. The lowest BCUT2D eigenvalue weighted by atomic mass is 10.0. The van der Waals surface area contributed by atoms with Gasteiger partial charge in [-0.25, -0.2) is 9.97 Å². The molecule has 5 heteroatoms. The van der Waals surface area contributed by atoms with Crippen molar-refractivity contribution in [2.75, 3.05) is 24.3 Å². The van der Waals surface area contributed by atoms with E-state index in [1.54, 1.807) is 0 Å². The SMILES string of the molecule is Cc1nc(N)c(C)c(NC2(C)CCOC2)n1. The molecule has 0 aliphatic carbocycles. The molecular weight excluding hydrogens is 204 g/mol. The molecule has 1 aromatic rings. The summed E-state index contributed by atoms with van der Waals surface area (Å²) in [5.41, 5.74) is 6.67. The van der Waals surface area contributed by atoms with E-state index < -0.39 is 0 Å². The van der Waals surface area contributed by atoms with Gasteiger partial charge in [-0.1, -0.05) is 0 Å². The topological polar surface area (TPSA) is 73.1 Å². The fraction of sp³-hybridized carbons (Fsp3) is 0.636. The van der Waals surface area contributed by atoms with Gasteiger partial charge in [-0.15, -0.1) is 0 Å². The molecular formula is C11H18N4O. The van der Waals surface area contributed by atoms with Crippen LogP contribution in [0.4, 0.5) is 11.6 Å². The zero-order valence-corrected chi connectivity index (χ0v) is 10.0. The van der Waals surface area contributed by atoms with Crippen LogP contribution in [0, 0.1) is 13.8 Å². The Balaban J connectivity index is 2.27. The number of nitrogens with zero attached hydrogens (tertiary/aromatic N) is 2. The number of nitrogens with one attached hydrogen (secondary N) is 1. The summed E-state index contributed by atoms with van der Waals surface area (Å²) in [5, 5.41) is 3.41. The van der Waals surface area contributed by atoms with Gasteiger partial charge in [-0.2, -0.15) is 0 Å². The molecule has 3 N–H and O–H groups in total. The number of hydrogen-bond acceptors (Lipinski definition) is 5. The largest absolute Gasteiger partial charge is 0.383 e. The van der Waals surface area contributed by atoms with E-state index in [9.17, 15) is 0 Å². The van der Waals surface area contributed by atoms with Crippen LogP contribution in [0.1, 0.15) is 24.7 Å². The number of nitrogens with two attached hydrogens (primary N) is 1. The third-order valence-corrected chi connectivity index (χ3v) is 2.93. The maximum atomic E-state index is 5.82. The molecule has 0 radical (unpaired) electrons. The number of hydrogen-bond donors (Lipinski definition) is 2. The number of anilines is 2. The minimum atomic E-state index is -0.0437. The summed E-state index contributed by atoms with van der Waals surface area (Å²) in [7, 11) is 0. The Morgan fingerprint density at radius 3 is 2.75 bits per heavy atom. The molecule has 2 rings (SSSR count). The zero-order valence-electron chi connectivity index (χ0n) is 10.0. The molecule has 1 saturated heterocycles. The van der Waals surface area contributed by atoms with Gasteiger partial charge in [-0.3, -0.25) is 0 Å². The number of nitrogen functional groups attached to an aromatic ring is 1. The maximum Gasteiger partial charge on any atom is 0.135 e. The molecule has 1 aromatic heterocycles. The Bertz CT molecular complexity index is 399. The Morgan fingerprint density at radius 1 is 1.38 bits per heavy atom. The second kappa shape index (κ2) is 3.90. The first-order valence-electron chi connectivity index (χ1n) is 5.47. The summed E-state index contributed by atoms with van der Waals surface area (Å²) in [4.78, 5) is 8.51. The van der Waals surface area contributed by atoms with Gasteiger partial charge in [0.15, 0.2) is 0 Å². The van der Waals surface area contributed by atoms with Crippen LogP contribution >= 0.6 is 0 Å². The van der Waals surface area contributed by atoms with Gasteiger partial charge in [-0.05, 0) is 27.2 Å². The van der Waals surface area contributed by atoms with Crippen molar-refractivity contribution >= 4 is 11.6 Å². The number of aromatic nitrogens is 2. The van der Waals surface area contributed by atoms with Crippen molar-refractivity contribution in [3.05, 3.63) is 11.4 Å². The number of ether oxygens (including phenoxy) is 1. The zero-order chi connectivity index (χ0) is 11.8. The third-order valence-electron chi connectivity index (χ3n) is 2.93. The molecule has 16 heavy (non-hydrogen) atoms. The van der Waals surface area contributed by atoms with Crippen molar-refractivity contribution in [1.29, 1.82) is 0 Å².